The number of halogens is 1. The van der Waals surface area contributed by atoms with E-state index in [0.29, 0.717) is 0 Å². The summed E-state index contributed by atoms with van der Waals surface area (Å²) >= 11 is 10.9. The molecule has 0 radical (unpaired) electrons. The number of hydrogen-bond donors (Lipinski definition) is 3. The number of carbonyl (C=O) groups excluding carboxylic acids is 1. The van der Waals surface area contributed by atoms with Crippen LogP contribution in [0.2, 0.25) is 5.02 Å². The van der Waals surface area contributed by atoms with Crippen molar-refractivity contribution in [2.24, 2.45) is 0 Å². The molecule has 0 aliphatic heterocycles. The molecule has 3 N–H and O–H groups in total. The van der Waals surface area contributed by atoms with Crippen molar-refractivity contribution in [1.82, 2.24) is 5.32 Å². The van der Waals surface area contributed by atoms with Crippen LogP contribution in [0.15, 0.2) is 42.5 Å². The van der Waals surface area contributed by atoms with E-state index < -0.39 is 16.8 Å². The lowest BCUT2D eigenvalue weighted by Gasteiger charge is -2.11. The molecule has 25 heavy (non-hydrogen) atoms. The first kappa shape index (κ1) is 18.3. The van der Waals surface area contributed by atoms with Crippen LogP contribution in [0, 0.1) is 10.1 Å². The second kappa shape index (κ2) is 7.69. The van der Waals surface area contributed by atoms with E-state index >= 15 is 0 Å². The topological polar surface area (TPSA) is 122 Å². The number of nitro benzene ring substituents is 1. The highest BCUT2D eigenvalue weighted by Crippen LogP contribution is 2.23. The lowest BCUT2D eigenvalue weighted by Crippen LogP contribution is -2.34. The van der Waals surface area contributed by atoms with Crippen molar-refractivity contribution in [1.29, 1.82) is 0 Å². The van der Waals surface area contributed by atoms with Crippen molar-refractivity contribution in [3.05, 3.63) is 68.7 Å². The summed E-state index contributed by atoms with van der Waals surface area (Å²) in [5, 5.41) is 24.7. The van der Waals surface area contributed by atoms with Crippen LogP contribution in [0.4, 0.5) is 11.4 Å². The number of nitro groups is 1. The largest absolute Gasteiger partial charge is 0.478 e. The molecule has 2 aromatic rings. The molecule has 0 aliphatic rings. The minimum Gasteiger partial charge on any atom is -0.478 e. The van der Waals surface area contributed by atoms with Crippen LogP contribution in [0.5, 0.6) is 0 Å². The number of hydrogen-bond acceptors (Lipinski definition) is 5. The van der Waals surface area contributed by atoms with Gasteiger partial charge in [0, 0.05) is 17.7 Å². The minimum absolute atomic E-state index is 0.00334. The van der Waals surface area contributed by atoms with Crippen molar-refractivity contribution < 1.29 is 19.6 Å². The molecule has 0 fully saturated rings. The van der Waals surface area contributed by atoms with Crippen molar-refractivity contribution in [2.75, 3.05) is 5.32 Å². The molecule has 2 rings (SSSR count). The van der Waals surface area contributed by atoms with Crippen LogP contribution in [0.1, 0.15) is 20.7 Å². The number of aromatic carboxylic acids is 1. The van der Waals surface area contributed by atoms with E-state index in [1.165, 1.54) is 42.5 Å². The van der Waals surface area contributed by atoms with Gasteiger partial charge in [0.15, 0.2) is 5.11 Å². The van der Waals surface area contributed by atoms with E-state index in [-0.39, 0.29) is 32.6 Å². The monoisotopic (exact) mass is 379 g/mol. The van der Waals surface area contributed by atoms with Crippen molar-refractivity contribution in [2.45, 2.75) is 0 Å². The molecular formula is C15H10ClN3O5S. The normalized spacial score (nSPS) is 9.96. The second-order valence-corrected chi connectivity index (χ2v) is 5.53. The van der Waals surface area contributed by atoms with Gasteiger partial charge in [-0.3, -0.25) is 20.2 Å². The van der Waals surface area contributed by atoms with E-state index in [1.807, 2.05) is 0 Å². The van der Waals surface area contributed by atoms with Gasteiger partial charge in [-0.2, -0.15) is 0 Å². The van der Waals surface area contributed by atoms with Crippen molar-refractivity contribution in [3.63, 3.8) is 0 Å². The van der Waals surface area contributed by atoms with Gasteiger partial charge in [0.25, 0.3) is 11.6 Å². The molecule has 0 unspecified atom stereocenters. The number of benzene rings is 2. The molecule has 0 bridgehead atoms. The zero-order valence-corrected chi connectivity index (χ0v) is 13.9. The fourth-order valence-electron chi connectivity index (χ4n) is 1.82. The van der Waals surface area contributed by atoms with E-state index in [2.05, 4.69) is 10.6 Å². The van der Waals surface area contributed by atoms with Gasteiger partial charge in [0.1, 0.15) is 0 Å². The van der Waals surface area contributed by atoms with Crippen LogP contribution in [0.3, 0.4) is 0 Å². The molecule has 0 aliphatic carbocycles. The van der Waals surface area contributed by atoms with Crippen molar-refractivity contribution >= 4 is 52.2 Å². The molecule has 0 aromatic heterocycles. The fraction of sp³-hybridized carbons (Fsp3) is 0. The number of anilines is 1. The average Bonchev–Trinajstić information content (AvgIpc) is 2.56. The van der Waals surface area contributed by atoms with E-state index in [9.17, 15) is 19.7 Å². The Hall–Kier alpha value is -3.04. The van der Waals surface area contributed by atoms with Gasteiger partial charge < -0.3 is 10.4 Å². The molecular weight excluding hydrogens is 370 g/mol. The summed E-state index contributed by atoms with van der Waals surface area (Å²) in [6.07, 6.45) is 0. The Bertz CT molecular complexity index is 870. The highest BCUT2D eigenvalue weighted by atomic mass is 35.5. The molecule has 0 spiro atoms. The first-order chi connectivity index (χ1) is 11.8. The SMILES string of the molecule is O=C(O)c1ccc(Cl)c(NC(=S)NC(=O)c2ccc([N+](=O)[O-])cc2)c1. The standard InChI is InChI=1S/C15H10ClN3O5S/c16-11-6-3-9(14(21)22)7-12(11)17-15(25)18-13(20)8-1-4-10(5-2-8)19(23)24/h1-7H,(H,21,22)(H2,17,18,20,25). The molecule has 0 saturated carbocycles. The maximum Gasteiger partial charge on any atom is 0.335 e. The Balaban J connectivity index is 2.07. The molecule has 0 atom stereocenters. The first-order valence-corrected chi connectivity index (χ1v) is 7.46. The van der Waals surface area contributed by atoms with Gasteiger partial charge in [0.2, 0.25) is 0 Å². The summed E-state index contributed by atoms with van der Waals surface area (Å²) in [6, 6.07) is 8.94. The zero-order valence-electron chi connectivity index (χ0n) is 12.4. The predicted molar refractivity (Wildman–Crippen MR) is 95.2 cm³/mol. The number of nitrogens with one attached hydrogen (secondary N) is 2. The maximum absolute atomic E-state index is 12.1. The van der Waals surface area contributed by atoms with Crippen LogP contribution >= 0.6 is 23.8 Å². The van der Waals surface area contributed by atoms with Crippen LogP contribution in [0.25, 0.3) is 0 Å². The number of amides is 1. The maximum atomic E-state index is 12.1. The Kier molecular flexibility index (Phi) is 5.63. The van der Waals surface area contributed by atoms with Gasteiger partial charge in [-0.15, -0.1) is 0 Å². The van der Waals surface area contributed by atoms with Crippen molar-refractivity contribution in [3.8, 4) is 0 Å². The Morgan fingerprint density at radius 1 is 1.12 bits per heavy atom. The van der Waals surface area contributed by atoms with Gasteiger partial charge in [-0.1, -0.05) is 11.6 Å². The lowest BCUT2D eigenvalue weighted by atomic mass is 10.2. The smallest absolute Gasteiger partial charge is 0.335 e. The van der Waals surface area contributed by atoms with Gasteiger partial charge in [0.05, 0.1) is 21.2 Å². The summed E-state index contributed by atoms with van der Waals surface area (Å²) in [4.78, 5) is 33.0. The summed E-state index contributed by atoms with van der Waals surface area (Å²) in [5.41, 5.74) is 0.238. The Morgan fingerprint density at radius 2 is 1.72 bits per heavy atom. The molecule has 0 heterocycles. The van der Waals surface area contributed by atoms with Gasteiger partial charge >= 0.3 is 5.97 Å². The van der Waals surface area contributed by atoms with E-state index in [4.69, 9.17) is 28.9 Å². The lowest BCUT2D eigenvalue weighted by molar-refractivity contribution is -0.384. The molecule has 8 nitrogen and oxygen atoms in total. The number of nitrogens with zero attached hydrogens (tertiary/aromatic N) is 1. The number of non-ortho nitro benzene ring substituents is 1. The molecule has 128 valence electrons. The van der Waals surface area contributed by atoms with Crippen LogP contribution in [-0.2, 0) is 0 Å². The van der Waals surface area contributed by atoms with Crippen LogP contribution in [-0.4, -0.2) is 27.0 Å². The number of carboxylic acids is 1. The summed E-state index contributed by atoms with van der Waals surface area (Å²) in [7, 11) is 0. The number of rotatable bonds is 4. The predicted octanol–water partition coefficient (Wildman–Crippen LogP) is 3.07. The molecule has 0 saturated heterocycles. The minimum atomic E-state index is -1.14. The van der Waals surface area contributed by atoms with Gasteiger partial charge in [-0.25, -0.2) is 4.79 Å². The number of carbonyl (C=O) groups is 2. The molecule has 10 heteroatoms. The average molecular weight is 380 g/mol. The Labute approximate surface area is 151 Å². The fourth-order valence-corrected chi connectivity index (χ4v) is 2.18. The third-order valence-electron chi connectivity index (χ3n) is 3.03. The third kappa shape index (κ3) is 4.72. The molecule has 1 amide bonds. The highest BCUT2D eigenvalue weighted by Gasteiger charge is 2.13. The van der Waals surface area contributed by atoms with E-state index in [1.54, 1.807) is 0 Å². The quantitative estimate of drug-likeness (QED) is 0.424. The molecule has 2 aromatic carbocycles. The second-order valence-electron chi connectivity index (χ2n) is 4.71. The third-order valence-corrected chi connectivity index (χ3v) is 3.56. The number of thiocarbonyl (C=S) groups is 1. The van der Waals surface area contributed by atoms with Gasteiger partial charge in [-0.05, 0) is 42.5 Å². The first-order valence-electron chi connectivity index (χ1n) is 6.67. The summed E-state index contributed by atoms with van der Waals surface area (Å²) < 4.78 is 0. The van der Waals surface area contributed by atoms with E-state index in [0.717, 1.165) is 0 Å². The highest BCUT2D eigenvalue weighted by molar-refractivity contribution is 7.80. The summed E-state index contributed by atoms with van der Waals surface area (Å²) in [5.74, 6) is -1.72. The Morgan fingerprint density at radius 3 is 2.28 bits per heavy atom. The zero-order chi connectivity index (χ0) is 18.6. The summed E-state index contributed by atoms with van der Waals surface area (Å²) in [6.45, 7) is 0. The number of carboxylic acid groups (broad SMARTS) is 1. The van der Waals surface area contributed by atoms with Crippen LogP contribution < -0.4 is 10.6 Å².